The van der Waals surface area contributed by atoms with Gasteiger partial charge in [-0.3, -0.25) is 4.79 Å². The van der Waals surface area contributed by atoms with Crippen LogP contribution in [0.1, 0.15) is 26.2 Å². The SMILES string of the molecule is CCCCCN(C)C(=O)S. The molecule has 1 amide bonds. The third-order valence-corrected chi connectivity index (χ3v) is 1.77. The van der Waals surface area contributed by atoms with E-state index < -0.39 is 0 Å². The van der Waals surface area contributed by atoms with Gasteiger partial charge in [-0.15, -0.1) is 0 Å². The lowest BCUT2D eigenvalue weighted by Gasteiger charge is -2.12. The zero-order valence-corrected chi connectivity index (χ0v) is 7.53. The highest BCUT2D eigenvalue weighted by molar-refractivity contribution is 7.96. The molecule has 0 radical (unpaired) electrons. The van der Waals surface area contributed by atoms with Crippen LogP contribution in [0, 0.1) is 0 Å². The average molecular weight is 161 g/mol. The molecule has 0 rings (SSSR count). The van der Waals surface area contributed by atoms with Crippen molar-refractivity contribution < 1.29 is 4.79 Å². The van der Waals surface area contributed by atoms with Gasteiger partial charge < -0.3 is 4.90 Å². The number of thiol groups is 1. The molecule has 60 valence electrons. The molecule has 0 fully saturated rings. The molecule has 2 nitrogen and oxygen atoms in total. The second kappa shape index (κ2) is 5.59. The molecule has 0 bridgehead atoms. The maximum atomic E-state index is 10.5. The summed E-state index contributed by atoms with van der Waals surface area (Å²) in [5.41, 5.74) is 0. The van der Waals surface area contributed by atoms with Crippen LogP contribution in [0.15, 0.2) is 0 Å². The van der Waals surface area contributed by atoms with Crippen molar-refractivity contribution >= 4 is 17.9 Å². The van der Waals surface area contributed by atoms with E-state index in [0.29, 0.717) is 0 Å². The maximum Gasteiger partial charge on any atom is 0.278 e. The Morgan fingerprint density at radius 2 is 2.10 bits per heavy atom. The lowest BCUT2D eigenvalue weighted by atomic mass is 10.2. The minimum absolute atomic E-state index is 0.142. The molecule has 0 aliphatic heterocycles. The van der Waals surface area contributed by atoms with E-state index in [4.69, 9.17) is 0 Å². The molecule has 0 aromatic heterocycles. The van der Waals surface area contributed by atoms with Gasteiger partial charge in [0.05, 0.1) is 0 Å². The largest absolute Gasteiger partial charge is 0.337 e. The van der Waals surface area contributed by atoms with Crippen molar-refractivity contribution in [2.45, 2.75) is 26.2 Å². The van der Waals surface area contributed by atoms with E-state index in [9.17, 15) is 4.79 Å². The summed E-state index contributed by atoms with van der Waals surface area (Å²) in [6.07, 6.45) is 3.46. The highest BCUT2D eigenvalue weighted by atomic mass is 32.1. The molecule has 0 aromatic carbocycles. The van der Waals surface area contributed by atoms with Crippen molar-refractivity contribution in [3.05, 3.63) is 0 Å². The molecule has 0 saturated carbocycles. The Bertz CT molecular complexity index is 106. The minimum atomic E-state index is -0.142. The van der Waals surface area contributed by atoms with Crippen LogP contribution >= 0.6 is 12.6 Å². The second-order valence-corrected chi connectivity index (χ2v) is 2.79. The molecule has 3 heteroatoms. The van der Waals surface area contributed by atoms with Crippen molar-refractivity contribution in [3.63, 3.8) is 0 Å². The lowest BCUT2D eigenvalue weighted by Crippen LogP contribution is -2.21. The average Bonchev–Trinajstić information content (AvgIpc) is 1.88. The first-order valence-electron chi connectivity index (χ1n) is 3.62. The Morgan fingerprint density at radius 3 is 2.50 bits per heavy atom. The first kappa shape index (κ1) is 9.82. The predicted molar refractivity (Wildman–Crippen MR) is 46.5 cm³/mol. The number of unbranched alkanes of at least 4 members (excludes halogenated alkanes) is 2. The fraction of sp³-hybridized carbons (Fsp3) is 0.857. The van der Waals surface area contributed by atoms with Crippen LogP contribution in [0.3, 0.4) is 0 Å². The minimum Gasteiger partial charge on any atom is -0.337 e. The van der Waals surface area contributed by atoms with Gasteiger partial charge in [-0.2, -0.15) is 0 Å². The van der Waals surface area contributed by atoms with Gasteiger partial charge in [-0.25, -0.2) is 0 Å². The maximum absolute atomic E-state index is 10.5. The first-order valence-corrected chi connectivity index (χ1v) is 4.07. The summed E-state index contributed by atoms with van der Waals surface area (Å²) < 4.78 is 0. The molecule has 0 atom stereocenters. The molecule has 0 saturated heterocycles. The fourth-order valence-corrected chi connectivity index (χ4v) is 0.795. The topological polar surface area (TPSA) is 20.3 Å². The second-order valence-electron chi connectivity index (χ2n) is 2.41. The first-order chi connectivity index (χ1) is 4.68. The molecule has 0 spiro atoms. The van der Waals surface area contributed by atoms with E-state index in [2.05, 4.69) is 19.6 Å². The molecule has 0 unspecified atom stereocenters. The molecule has 10 heavy (non-hydrogen) atoms. The van der Waals surface area contributed by atoms with E-state index in [1.165, 1.54) is 12.8 Å². The summed E-state index contributed by atoms with van der Waals surface area (Å²) in [4.78, 5) is 12.2. The van der Waals surface area contributed by atoms with Crippen LogP contribution < -0.4 is 0 Å². The fourth-order valence-electron chi connectivity index (χ4n) is 0.695. The molecular formula is C7H15NOS. The third-order valence-electron chi connectivity index (χ3n) is 1.42. The van der Waals surface area contributed by atoms with Crippen LogP contribution in [-0.4, -0.2) is 23.7 Å². The number of hydrogen-bond donors (Lipinski definition) is 1. The number of carbonyl (C=O) groups excluding carboxylic acids is 1. The van der Waals surface area contributed by atoms with Crippen LogP contribution in [0.25, 0.3) is 0 Å². The van der Waals surface area contributed by atoms with Crippen molar-refractivity contribution in [2.24, 2.45) is 0 Å². The van der Waals surface area contributed by atoms with E-state index >= 15 is 0 Å². The Balaban J connectivity index is 3.21. The van der Waals surface area contributed by atoms with Gasteiger partial charge in [0.1, 0.15) is 0 Å². The molecule has 0 aliphatic carbocycles. The van der Waals surface area contributed by atoms with Crippen molar-refractivity contribution in [1.29, 1.82) is 0 Å². The summed E-state index contributed by atoms with van der Waals surface area (Å²) in [6.45, 7) is 2.97. The van der Waals surface area contributed by atoms with Crippen molar-refractivity contribution in [2.75, 3.05) is 13.6 Å². The highest BCUT2D eigenvalue weighted by Gasteiger charge is 1.99. The van der Waals surface area contributed by atoms with Gasteiger partial charge >= 0.3 is 0 Å². The quantitative estimate of drug-likeness (QED) is 0.495. The van der Waals surface area contributed by atoms with E-state index in [1.54, 1.807) is 11.9 Å². The number of nitrogens with zero attached hydrogens (tertiary/aromatic N) is 1. The monoisotopic (exact) mass is 161 g/mol. The summed E-state index contributed by atoms with van der Waals surface area (Å²) in [6, 6.07) is 0. The Morgan fingerprint density at radius 1 is 1.50 bits per heavy atom. The van der Waals surface area contributed by atoms with E-state index in [-0.39, 0.29) is 5.24 Å². The van der Waals surface area contributed by atoms with E-state index in [1.807, 2.05) is 0 Å². The summed E-state index contributed by atoms with van der Waals surface area (Å²) in [5, 5.41) is -0.142. The zero-order chi connectivity index (χ0) is 7.98. The normalized spacial score (nSPS) is 9.50. The number of hydrogen-bond acceptors (Lipinski definition) is 1. The molecule has 0 aliphatic rings. The van der Waals surface area contributed by atoms with Crippen molar-refractivity contribution in [3.8, 4) is 0 Å². The highest BCUT2D eigenvalue weighted by Crippen LogP contribution is 1.98. The standard InChI is InChI=1S/C7H15NOS/c1-3-4-5-6-8(2)7(9)10/h3-6H2,1-2H3,(H,9,10). The van der Waals surface area contributed by atoms with Gasteiger partial charge in [0, 0.05) is 13.6 Å². The predicted octanol–water partition coefficient (Wildman–Crippen LogP) is 2.16. The smallest absolute Gasteiger partial charge is 0.278 e. The molecule has 0 aromatic rings. The van der Waals surface area contributed by atoms with Gasteiger partial charge in [0.2, 0.25) is 0 Å². The van der Waals surface area contributed by atoms with E-state index in [0.717, 1.165) is 13.0 Å². The summed E-state index contributed by atoms with van der Waals surface area (Å²) >= 11 is 3.68. The van der Waals surface area contributed by atoms with Gasteiger partial charge in [-0.05, 0) is 6.42 Å². The van der Waals surface area contributed by atoms with Gasteiger partial charge in [-0.1, -0.05) is 32.4 Å². The van der Waals surface area contributed by atoms with Crippen LogP contribution in [0.5, 0.6) is 0 Å². The zero-order valence-electron chi connectivity index (χ0n) is 6.63. The van der Waals surface area contributed by atoms with Crippen LogP contribution in [0.4, 0.5) is 4.79 Å². The Labute approximate surface area is 68.0 Å². The summed E-state index contributed by atoms with van der Waals surface area (Å²) in [7, 11) is 1.77. The van der Waals surface area contributed by atoms with Gasteiger partial charge in [0.15, 0.2) is 0 Å². The Kier molecular flexibility index (Phi) is 5.49. The molecule has 0 heterocycles. The number of rotatable bonds is 4. The lowest BCUT2D eigenvalue weighted by molar-refractivity contribution is 0.233. The molecular weight excluding hydrogens is 146 g/mol. The molecule has 0 N–H and O–H groups in total. The van der Waals surface area contributed by atoms with Gasteiger partial charge in [0.25, 0.3) is 5.24 Å². The van der Waals surface area contributed by atoms with Crippen LogP contribution in [0.2, 0.25) is 0 Å². The third kappa shape index (κ3) is 4.68. The number of carbonyl (C=O) groups is 1. The number of amides is 1. The van der Waals surface area contributed by atoms with Crippen molar-refractivity contribution in [1.82, 2.24) is 4.90 Å². The Hall–Kier alpha value is -0.180. The van der Waals surface area contributed by atoms with Crippen LogP contribution in [-0.2, 0) is 0 Å². The summed E-state index contributed by atoms with van der Waals surface area (Å²) in [5.74, 6) is 0.